The molecular formula is C22H38N4O3S. The van der Waals surface area contributed by atoms with E-state index in [-0.39, 0.29) is 17.0 Å². The molecule has 7 nitrogen and oxygen atoms in total. The monoisotopic (exact) mass is 438 g/mol. The second-order valence-corrected chi connectivity index (χ2v) is 11.2. The van der Waals surface area contributed by atoms with Crippen LogP contribution >= 0.6 is 0 Å². The number of ether oxygens (including phenoxy) is 1. The first-order chi connectivity index (χ1) is 14.6. The summed E-state index contributed by atoms with van der Waals surface area (Å²) in [5.74, 6) is 0.148. The highest BCUT2D eigenvalue weighted by atomic mass is 32.2. The van der Waals surface area contributed by atoms with E-state index in [0.29, 0.717) is 13.0 Å². The van der Waals surface area contributed by atoms with Gasteiger partial charge in [0.15, 0.2) is 0 Å². The molecule has 170 valence electrons. The van der Waals surface area contributed by atoms with Gasteiger partial charge in [0.1, 0.15) is 0 Å². The van der Waals surface area contributed by atoms with Crippen LogP contribution in [0.25, 0.3) is 0 Å². The summed E-state index contributed by atoms with van der Waals surface area (Å²) in [6.45, 7) is 8.34. The molecule has 0 radical (unpaired) electrons. The molecule has 2 saturated heterocycles. The van der Waals surface area contributed by atoms with Gasteiger partial charge >= 0.3 is 0 Å². The highest BCUT2D eigenvalue weighted by Gasteiger charge is 2.29. The molecule has 1 saturated carbocycles. The van der Waals surface area contributed by atoms with Crippen LogP contribution in [0.3, 0.4) is 0 Å². The van der Waals surface area contributed by atoms with Gasteiger partial charge in [-0.25, -0.2) is 13.4 Å². The predicted octanol–water partition coefficient (Wildman–Crippen LogP) is 2.70. The molecule has 0 unspecified atom stereocenters. The quantitative estimate of drug-likeness (QED) is 0.622. The van der Waals surface area contributed by atoms with Gasteiger partial charge in [0.2, 0.25) is 15.0 Å². The zero-order valence-electron chi connectivity index (χ0n) is 18.5. The number of imidazole rings is 1. The van der Waals surface area contributed by atoms with Crippen molar-refractivity contribution in [3.8, 4) is 0 Å². The van der Waals surface area contributed by atoms with Crippen LogP contribution in [0, 0.1) is 0 Å². The number of hydrogen-bond acceptors (Lipinski definition) is 6. The lowest BCUT2D eigenvalue weighted by atomic mass is 9.94. The number of nitrogens with zero attached hydrogens (tertiary/aromatic N) is 4. The fraction of sp³-hybridized carbons (Fsp3) is 0.864. The van der Waals surface area contributed by atoms with E-state index in [0.717, 1.165) is 63.9 Å². The third-order valence-corrected chi connectivity index (χ3v) is 8.77. The van der Waals surface area contributed by atoms with E-state index >= 15 is 0 Å². The molecule has 3 aliphatic rings. The van der Waals surface area contributed by atoms with E-state index in [9.17, 15) is 8.42 Å². The first-order valence-corrected chi connectivity index (χ1v) is 13.6. The number of aromatic nitrogens is 2. The fourth-order valence-electron chi connectivity index (χ4n) is 5.28. The van der Waals surface area contributed by atoms with E-state index in [2.05, 4.69) is 14.8 Å². The van der Waals surface area contributed by atoms with Crippen LogP contribution < -0.4 is 0 Å². The fourth-order valence-corrected chi connectivity index (χ4v) is 6.74. The SMILES string of the molecule is CCCS(=O)(=O)c1ncc(CN2CCN(C3CCCCC3)CC2)n1C[C@@H]1CCCO1. The second kappa shape index (κ2) is 10.1. The standard InChI is InChI=1S/C22H38N4O3S/c1-2-15-30(27,28)22-23-16-20(26(22)18-21-9-6-14-29-21)17-24-10-12-25(13-11-24)19-7-4-3-5-8-19/h16,19,21H,2-15,17-18H2,1H3/t21-/m0/s1. The molecular weight excluding hydrogens is 400 g/mol. The lowest BCUT2D eigenvalue weighted by molar-refractivity contribution is 0.0719. The van der Waals surface area contributed by atoms with Gasteiger partial charge in [0, 0.05) is 45.4 Å². The molecule has 0 N–H and O–H groups in total. The Morgan fingerprint density at radius 3 is 2.50 bits per heavy atom. The Bertz CT molecular complexity index is 774. The topological polar surface area (TPSA) is 67.7 Å². The molecule has 3 fully saturated rings. The molecule has 3 heterocycles. The Morgan fingerprint density at radius 1 is 1.07 bits per heavy atom. The van der Waals surface area contributed by atoms with E-state index < -0.39 is 9.84 Å². The summed E-state index contributed by atoms with van der Waals surface area (Å²) >= 11 is 0. The number of hydrogen-bond donors (Lipinski definition) is 0. The third kappa shape index (κ3) is 5.26. The van der Waals surface area contributed by atoms with Crippen LogP contribution in [0.4, 0.5) is 0 Å². The van der Waals surface area contributed by atoms with Gasteiger partial charge in [-0.15, -0.1) is 0 Å². The van der Waals surface area contributed by atoms with Crippen LogP contribution in [-0.4, -0.2) is 78.5 Å². The third-order valence-electron chi connectivity index (χ3n) is 6.95. The Hall–Kier alpha value is -0.960. The number of sulfone groups is 1. The molecule has 30 heavy (non-hydrogen) atoms. The maximum atomic E-state index is 12.8. The van der Waals surface area contributed by atoms with Crippen LogP contribution in [-0.2, 0) is 27.7 Å². The molecule has 1 aromatic rings. The Morgan fingerprint density at radius 2 is 1.83 bits per heavy atom. The van der Waals surface area contributed by atoms with E-state index in [1.165, 1.54) is 32.1 Å². The number of rotatable bonds is 8. The van der Waals surface area contributed by atoms with Crippen molar-refractivity contribution in [2.75, 3.05) is 38.5 Å². The van der Waals surface area contributed by atoms with Crippen molar-refractivity contribution in [1.82, 2.24) is 19.4 Å². The van der Waals surface area contributed by atoms with Crippen LogP contribution in [0.2, 0.25) is 0 Å². The summed E-state index contributed by atoms with van der Waals surface area (Å²) in [4.78, 5) is 9.52. The smallest absolute Gasteiger partial charge is 0.227 e. The summed E-state index contributed by atoms with van der Waals surface area (Å²) < 4.78 is 33.4. The molecule has 1 atom stereocenters. The molecule has 1 aliphatic carbocycles. The maximum Gasteiger partial charge on any atom is 0.227 e. The lowest BCUT2D eigenvalue weighted by Crippen LogP contribution is -2.50. The average molecular weight is 439 g/mol. The van der Waals surface area contributed by atoms with Gasteiger partial charge in [-0.2, -0.15) is 0 Å². The average Bonchev–Trinajstić information content (AvgIpc) is 3.40. The van der Waals surface area contributed by atoms with Gasteiger partial charge in [-0.05, 0) is 32.1 Å². The number of piperazine rings is 1. The molecule has 8 heteroatoms. The first kappa shape index (κ1) is 22.2. The van der Waals surface area contributed by atoms with Crippen molar-refractivity contribution >= 4 is 9.84 Å². The largest absolute Gasteiger partial charge is 0.376 e. The summed E-state index contributed by atoms with van der Waals surface area (Å²) in [5.41, 5.74) is 1.01. The lowest BCUT2D eigenvalue weighted by Gasteiger charge is -2.40. The summed E-state index contributed by atoms with van der Waals surface area (Å²) in [6, 6.07) is 0.775. The van der Waals surface area contributed by atoms with Crippen LogP contribution in [0.5, 0.6) is 0 Å². The van der Waals surface area contributed by atoms with E-state index in [4.69, 9.17) is 4.74 Å². The zero-order chi connectivity index (χ0) is 21.0. The minimum Gasteiger partial charge on any atom is -0.376 e. The Kier molecular flexibility index (Phi) is 7.49. The molecule has 4 rings (SSSR count). The van der Waals surface area contributed by atoms with Crippen molar-refractivity contribution in [3.63, 3.8) is 0 Å². The molecule has 0 amide bonds. The summed E-state index contributed by atoms with van der Waals surface area (Å²) in [5, 5.41) is 0.232. The van der Waals surface area contributed by atoms with Crippen LogP contribution in [0.1, 0.15) is 64.0 Å². The van der Waals surface area contributed by atoms with Gasteiger partial charge in [-0.3, -0.25) is 9.80 Å². The predicted molar refractivity (Wildman–Crippen MR) is 117 cm³/mol. The maximum absolute atomic E-state index is 12.8. The van der Waals surface area contributed by atoms with E-state index in [1.807, 2.05) is 11.5 Å². The Labute approximate surface area is 181 Å². The van der Waals surface area contributed by atoms with Gasteiger partial charge < -0.3 is 9.30 Å². The van der Waals surface area contributed by atoms with Gasteiger partial charge in [-0.1, -0.05) is 26.2 Å². The van der Waals surface area contributed by atoms with Gasteiger partial charge in [0.05, 0.1) is 30.3 Å². The van der Waals surface area contributed by atoms with E-state index in [1.54, 1.807) is 6.20 Å². The van der Waals surface area contributed by atoms with Crippen molar-refractivity contribution in [2.45, 2.75) is 88.7 Å². The van der Waals surface area contributed by atoms with Crippen molar-refractivity contribution in [3.05, 3.63) is 11.9 Å². The highest BCUT2D eigenvalue weighted by Crippen LogP contribution is 2.25. The normalized spacial score (nSPS) is 25.2. The van der Waals surface area contributed by atoms with Crippen LogP contribution in [0.15, 0.2) is 11.4 Å². The van der Waals surface area contributed by atoms with Crippen molar-refractivity contribution in [1.29, 1.82) is 0 Å². The minimum atomic E-state index is -3.36. The molecule has 2 aliphatic heterocycles. The zero-order valence-corrected chi connectivity index (χ0v) is 19.3. The molecule has 0 spiro atoms. The van der Waals surface area contributed by atoms with Crippen molar-refractivity contribution < 1.29 is 13.2 Å². The molecule has 0 bridgehead atoms. The molecule has 1 aromatic heterocycles. The molecule has 0 aromatic carbocycles. The second-order valence-electron chi connectivity index (χ2n) is 9.20. The highest BCUT2D eigenvalue weighted by molar-refractivity contribution is 7.91. The summed E-state index contributed by atoms with van der Waals surface area (Å²) in [7, 11) is -3.36. The van der Waals surface area contributed by atoms with Gasteiger partial charge in [0.25, 0.3) is 0 Å². The Balaban J connectivity index is 1.43. The first-order valence-electron chi connectivity index (χ1n) is 11.9. The minimum absolute atomic E-state index is 0.0941. The van der Waals surface area contributed by atoms with Crippen molar-refractivity contribution in [2.24, 2.45) is 0 Å². The summed E-state index contributed by atoms with van der Waals surface area (Å²) in [6.07, 6.45) is 11.4.